The highest BCUT2D eigenvalue weighted by atomic mass is 32.1. The number of hydrogen-bond acceptors (Lipinski definition) is 6. The molecular formula is C25H30N6O3S. The van der Waals surface area contributed by atoms with Gasteiger partial charge < -0.3 is 20.4 Å². The van der Waals surface area contributed by atoms with Gasteiger partial charge in [0, 0.05) is 41.5 Å². The van der Waals surface area contributed by atoms with Crippen LogP contribution in [0.2, 0.25) is 0 Å². The van der Waals surface area contributed by atoms with E-state index in [9.17, 15) is 14.4 Å². The average Bonchev–Trinajstić information content (AvgIpc) is 3.60. The summed E-state index contributed by atoms with van der Waals surface area (Å²) < 4.78 is 0. The summed E-state index contributed by atoms with van der Waals surface area (Å²) in [5, 5.41) is 13.7. The van der Waals surface area contributed by atoms with Crippen LogP contribution < -0.4 is 10.6 Å². The number of likely N-dealkylation sites (tertiary alicyclic amines) is 1. The van der Waals surface area contributed by atoms with Gasteiger partial charge in [0.05, 0.1) is 16.6 Å². The number of nitrogens with one attached hydrogen (secondary N) is 3. The van der Waals surface area contributed by atoms with E-state index in [0.717, 1.165) is 40.9 Å². The molecule has 2 aliphatic heterocycles. The first-order valence-electron chi connectivity index (χ1n) is 12.0. The smallest absolute Gasteiger partial charge is 0.261 e. The van der Waals surface area contributed by atoms with E-state index >= 15 is 0 Å². The number of carbonyl (C=O) groups excluding carboxylic acids is 3. The lowest BCUT2D eigenvalue weighted by atomic mass is 10.1. The van der Waals surface area contributed by atoms with E-state index in [0.29, 0.717) is 36.4 Å². The first-order chi connectivity index (χ1) is 16.9. The minimum atomic E-state index is -0.607. The van der Waals surface area contributed by atoms with E-state index in [1.165, 1.54) is 11.3 Å². The highest BCUT2D eigenvalue weighted by Gasteiger charge is 2.30. The van der Waals surface area contributed by atoms with Crippen molar-refractivity contribution in [2.45, 2.75) is 44.8 Å². The van der Waals surface area contributed by atoms with E-state index in [1.807, 2.05) is 19.1 Å². The topological polar surface area (TPSA) is 110 Å². The Labute approximate surface area is 207 Å². The highest BCUT2D eigenvalue weighted by molar-refractivity contribution is 7.14. The molecule has 3 amide bonds. The summed E-state index contributed by atoms with van der Waals surface area (Å²) in [5.74, 6) is -0.406. The number of aromatic nitrogens is 2. The number of amides is 3. The average molecular weight is 495 g/mol. The summed E-state index contributed by atoms with van der Waals surface area (Å²) in [6.07, 6.45) is 3.85. The minimum Gasteiger partial charge on any atom is -0.347 e. The van der Waals surface area contributed by atoms with Crippen molar-refractivity contribution in [1.29, 1.82) is 0 Å². The number of thiophene rings is 1. The molecule has 35 heavy (non-hydrogen) atoms. The molecule has 184 valence electrons. The molecule has 0 spiro atoms. The Balaban J connectivity index is 1.22. The van der Waals surface area contributed by atoms with Crippen LogP contribution in [0, 0.1) is 0 Å². The number of likely N-dealkylation sites (N-methyl/N-ethyl adjacent to an activating group) is 1. The Morgan fingerprint density at radius 1 is 1.23 bits per heavy atom. The van der Waals surface area contributed by atoms with Gasteiger partial charge in [0.25, 0.3) is 11.8 Å². The van der Waals surface area contributed by atoms with E-state index < -0.39 is 6.04 Å². The van der Waals surface area contributed by atoms with Crippen LogP contribution in [0.4, 0.5) is 0 Å². The van der Waals surface area contributed by atoms with E-state index in [-0.39, 0.29) is 23.8 Å². The van der Waals surface area contributed by atoms with Crippen molar-refractivity contribution < 1.29 is 14.4 Å². The lowest BCUT2D eigenvalue weighted by Gasteiger charge is -2.30. The van der Waals surface area contributed by atoms with Crippen LogP contribution in [0.3, 0.4) is 0 Å². The Morgan fingerprint density at radius 3 is 2.86 bits per heavy atom. The molecule has 9 nitrogen and oxygen atoms in total. The number of nitrogens with zero attached hydrogens (tertiary/aromatic N) is 3. The first-order valence-corrected chi connectivity index (χ1v) is 12.9. The molecule has 0 bridgehead atoms. The Bertz CT molecular complexity index is 1270. The molecule has 3 N–H and O–H groups in total. The summed E-state index contributed by atoms with van der Waals surface area (Å²) in [4.78, 5) is 44.8. The highest BCUT2D eigenvalue weighted by Crippen LogP contribution is 2.29. The minimum absolute atomic E-state index is 0.0316. The van der Waals surface area contributed by atoms with Crippen molar-refractivity contribution in [1.82, 2.24) is 30.6 Å². The number of carbonyl (C=O) groups is 3. The molecule has 4 heterocycles. The molecule has 2 atom stereocenters. The van der Waals surface area contributed by atoms with Gasteiger partial charge in [0.15, 0.2) is 0 Å². The first kappa shape index (κ1) is 23.5. The van der Waals surface area contributed by atoms with Gasteiger partial charge in [-0.3, -0.25) is 19.5 Å². The Hall–Kier alpha value is -3.24. The van der Waals surface area contributed by atoms with Gasteiger partial charge in [-0.05, 0) is 62.7 Å². The van der Waals surface area contributed by atoms with Crippen molar-refractivity contribution in [3.8, 4) is 0 Å². The van der Waals surface area contributed by atoms with Crippen molar-refractivity contribution in [3.05, 3.63) is 51.3 Å². The number of aromatic amines is 1. The Kier molecular flexibility index (Phi) is 6.57. The van der Waals surface area contributed by atoms with Crippen molar-refractivity contribution in [2.24, 2.45) is 0 Å². The number of hydrogen-bond donors (Lipinski definition) is 3. The number of benzene rings is 1. The molecule has 10 heteroatoms. The van der Waals surface area contributed by atoms with Gasteiger partial charge in [-0.2, -0.15) is 5.10 Å². The van der Waals surface area contributed by atoms with E-state index in [1.54, 1.807) is 23.2 Å². The maximum Gasteiger partial charge on any atom is 0.261 e. The summed E-state index contributed by atoms with van der Waals surface area (Å²) in [7, 11) is 2.06. The summed E-state index contributed by atoms with van der Waals surface area (Å²) in [6.45, 7) is 4.80. The van der Waals surface area contributed by atoms with Gasteiger partial charge >= 0.3 is 0 Å². The normalized spacial score (nSPS) is 18.9. The SMILES string of the molecule is CC[C@@H](NC(=O)c1ccc2[nH]ncc2c1)C(=O)N1CCc2sc(C(=O)NC3CCN(C)C3)cc2C1. The van der Waals surface area contributed by atoms with Crippen LogP contribution in [0.25, 0.3) is 10.9 Å². The number of fused-ring (bicyclic) bond motifs is 2. The number of rotatable bonds is 6. The van der Waals surface area contributed by atoms with Crippen LogP contribution >= 0.6 is 11.3 Å². The van der Waals surface area contributed by atoms with Crippen LogP contribution in [0.5, 0.6) is 0 Å². The zero-order valence-electron chi connectivity index (χ0n) is 20.0. The fourth-order valence-electron chi connectivity index (χ4n) is 4.83. The van der Waals surface area contributed by atoms with Gasteiger partial charge in [-0.1, -0.05) is 6.92 Å². The molecule has 1 unspecified atom stereocenters. The van der Waals surface area contributed by atoms with Crippen molar-refractivity contribution in [2.75, 3.05) is 26.7 Å². The molecule has 0 radical (unpaired) electrons. The third-order valence-corrected chi connectivity index (χ3v) is 8.08. The molecule has 0 aliphatic carbocycles. The zero-order chi connectivity index (χ0) is 24.5. The summed E-state index contributed by atoms with van der Waals surface area (Å²) >= 11 is 1.52. The molecule has 0 saturated carbocycles. The summed E-state index contributed by atoms with van der Waals surface area (Å²) in [6, 6.07) is 6.80. The second-order valence-corrected chi connectivity index (χ2v) is 10.5. The van der Waals surface area contributed by atoms with Crippen molar-refractivity contribution in [3.63, 3.8) is 0 Å². The molecule has 1 saturated heterocycles. The summed E-state index contributed by atoms with van der Waals surface area (Å²) in [5.41, 5.74) is 2.37. The van der Waals surface area contributed by atoms with Gasteiger partial charge in [0.1, 0.15) is 6.04 Å². The molecule has 5 rings (SSSR count). The molecule has 1 aromatic carbocycles. The maximum absolute atomic E-state index is 13.3. The molecule has 2 aromatic heterocycles. The standard InChI is InChI=1S/C25H30N6O3S/c1-3-19(28-23(32)15-4-5-20-16(10-15)12-26-29-20)25(34)31-9-7-21-17(13-31)11-22(35-21)24(33)27-18-6-8-30(2)14-18/h4-5,10-12,18-19H,3,6-9,13-14H2,1-2H3,(H,26,29)(H,27,33)(H,28,32)/t18?,19-/m1/s1. The predicted molar refractivity (Wildman–Crippen MR) is 134 cm³/mol. The fourth-order valence-corrected chi connectivity index (χ4v) is 5.89. The number of H-pyrrole nitrogens is 1. The molecule has 2 aliphatic rings. The predicted octanol–water partition coefficient (Wildman–Crippen LogP) is 2.15. The lowest BCUT2D eigenvalue weighted by molar-refractivity contribution is -0.134. The molecule has 1 fully saturated rings. The second kappa shape index (κ2) is 9.79. The van der Waals surface area contributed by atoms with Gasteiger partial charge in [0.2, 0.25) is 5.91 Å². The van der Waals surface area contributed by atoms with E-state index in [2.05, 4.69) is 32.8 Å². The third kappa shape index (κ3) is 4.94. The van der Waals surface area contributed by atoms with Crippen LogP contribution in [-0.2, 0) is 17.8 Å². The van der Waals surface area contributed by atoms with Gasteiger partial charge in [-0.15, -0.1) is 11.3 Å². The molecular weight excluding hydrogens is 464 g/mol. The largest absolute Gasteiger partial charge is 0.347 e. The van der Waals surface area contributed by atoms with Crippen molar-refractivity contribution >= 4 is 40.0 Å². The van der Waals surface area contributed by atoms with Gasteiger partial charge in [-0.25, -0.2) is 0 Å². The Morgan fingerprint density at radius 2 is 2.09 bits per heavy atom. The lowest BCUT2D eigenvalue weighted by Crippen LogP contribution is -2.49. The zero-order valence-corrected chi connectivity index (χ0v) is 20.8. The third-order valence-electron chi connectivity index (χ3n) is 6.84. The van der Waals surface area contributed by atoms with Crippen LogP contribution in [-0.4, -0.2) is 76.5 Å². The van der Waals surface area contributed by atoms with Crippen LogP contribution in [0.15, 0.2) is 30.5 Å². The monoisotopic (exact) mass is 494 g/mol. The van der Waals surface area contributed by atoms with E-state index in [4.69, 9.17) is 0 Å². The van der Waals surface area contributed by atoms with Crippen LogP contribution in [0.1, 0.15) is 50.2 Å². The fraction of sp³-hybridized carbons (Fsp3) is 0.440. The quantitative estimate of drug-likeness (QED) is 0.486. The maximum atomic E-state index is 13.3. The second-order valence-electron chi connectivity index (χ2n) is 9.40. The molecule has 3 aromatic rings.